The van der Waals surface area contributed by atoms with Gasteiger partial charge in [0.25, 0.3) is 0 Å². The van der Waals surface area contributed by atoms with Gasteiger partial charge in [-0.25, -0.2) is 0 Å². The SMILES string of the molecule is CC1(C)CC1(C)Br.N. The monoisotopic (exact) mass is 179 g/mol. The highest BCUT2D eigenvalue weighted by atomic mass is 79.9. The molecule has 0 spiro atoms. The van der Waals surface area contributed by atoms with Crippen LogP contribution in [0.15, 0.2) is 0 Å². The molecule has 0 aromatic carbocycles. The Morgan fingerprint density at radius 1 is 1.25 bits per heavy atom. The number of alkyl halides is 1. The van der Waals surface area contributed by atoms with E-state index < -0.39 is 0 Å². The third-order valence-corrected chi connectivity index (χ3v) is 3.41. The molecule has 1 atom stereocenters. The summed E-state index contributed by atoms with van der Waals surface area (Å²) in [5.41, 5.74) is 0.562. The molecular formula is C6H14BrN. The highest BCUT2D eigenvalue weighted by Crippen LogP contribution is 2.61. The van der Waals surface area contributed by atoms with E-state index in [1.165, 1.54) is 6.42 Å². The van der Waals surface area contributed by atoms with Gasteiger partial charge in [-0.2, -0.15) is 0 Å². The first-order valence-corrected chi connectivity index (χ1v) is 3.44. The molecule has 3 N–H and O–H groups in total. The van der Waals surface area contributed by atoms with Crippen molar-refractivity contribution in [2.75, 3.05) is 0 Å². The molecule has 8 heavy (non-hydrogen) atoms. The molecule has 0 amide bonds. The van der Waals surface area contributed by atoms with Crippen LogP contribution in [0.2, 0.25) is 0 Å². The van der Waals surface area contributed by atoms with Gasteiger partial charge >= 0.3 is 0 Å². The van der Waals surface area contributed by atoms with Gasteiger partial charge in [-0.3, -0.25) is 0 Å². The lowest BCUT2D eigenvalue weighted by Crippen LogP contribution is -1.98. The Morgan fingerprint density at radius 2 is 1.38 bits per heavy atom. The second-order valence-electron chi connectivity index (χ2n) is 3.26. The third-order valence-electron chi connectivity index (χ3n) is 2.06. The summed E-state index contributed by atoms with van der Waals surface area (Å²) in [6.45, 7) is 6.80. The molecule has 1 nitrogen and oxygen atoms in total. The Balaban J connectivity index is 0.000000490. The maximum absolute atomic E-state index is 3.61. The Labute approximate surface area is 59.6 Å². The van der Waals surface area contributed by atoms with Crippen molar-refractivity contribution < 1.29 is 0 Å². The number of hydrogen-bond acceptors (Lipinski definition) is 1. The van der Waals surface area contributed by atoms with Gasteiger partial charge in [0, 0.05) is 4.32 Å². The second kappa shape index (κ2) is 1.71. The first-order valence-electron chi connectivity index (χ1n) is 2.65. The zero-order valence-electron chi connectivity index (χ0n) is 5.79. The summed E-state index contributed by atoms with van der Waals surface area (Å²) in [7, 11) is 0. The predicted molar refractivity (Wildman–Crippen MR) is 40.8 cm³/mol. The van der Waals surface area contributed by atoms with Crippen molar-refractivity contribution in [3.8, 4) is 0 Å². The lowest BCUT2D eigenvalue weighted by molar-refractivity contribution is 0.612. The van der Waals surface area contributed by atoms with Crippen LogP contribution in [0, 0.1) is 5.41 Å². The van der Waals surface area contributed by atoms with Gasteiger partial charge in [0.05, 0.1) is 0 Å². The molecular weight excluding hydrogens is 166 g/mol. The van der Waals surface area contributed by atoms with E-state index in [0.717, 1.165) is 0 Å². The third kappa shape index (κ3) is 1.06. The summed E-state index contributed by atoms with van der Waals surface area (Å²) in [6.07, 6.45) is 1.32. The molecule has 0 aromatic rings. The number of hydrogen-bond donors (Lipinski definition) is 1. The van der Waals surface area contributed by atoms with Crippen LogP contribution in [-0.4, -0.2) is 4.32 Å². The molecule has 0 aliphatic heterocycles. The van der Waals surface area contributed by atoms with Crippen LogP contribution in [0.1, 0.15) is 27.2 Å². The van der Waals surface area contributed by atoms with Crippen LogP contribution in [0.5, 0.6) is 0 Å². The molecule has 1 rings (SSSR count). The van der Waals surface area contributed by atoms with Gasteiger partial charge in [0.1, 0.15) is 0 Å². The molecule has 1 fully saturated rings. The van der Waals surface area contributed by atoms with Gasteiger partial charge < -0.3 is 6.15 Å². The molecule has 1 saturated carbocycles. The first kappa shape index (κ1) is 8.44. The van der Waals surface area contributed by atoms with E-state index in [2.05, 4.69) is 36.7 Å². The lowest BCUT2D eigenvalue weighted by atomic mass is 10.1. The van der Waals surface area contributed by atoms with Crippen molar-refractivity contribution in [3.63, 3.8) is 0 Å². The molecule has 1 unspecified atom stereocenters. The number of halogens is 1. The molecule has 2 heteroatoms. The average Bonchev–Trinajstić information content (AvgIpc) is 1.63. The van der Waals surface area contributed by atoms with E-state index >= 15 is 0 Å². The minimum absolute atomic E-state index is 0. The molecule has 0 saturated heterocycles. The summed E-state index contributed by atoms with van der Waals surface area (Å²) in [4.78, 5) is 0. The molecule has 0 aromatic heterocycles. The summed E-state index contributed by atoms with van der Waals surface area (Å²) in [5.74, 6) is 0. The zero-order chi connectivity index (χ0) is 5.71. The van der Waals surface area contributed by atoms with E-state index in [-0.39, 0.29) is 6.15 Å². The minimum Gasteiger partial charge on any atom is -0.344 e. The van der Waals surface area contributed by atoms with Crippen molar-refractivity contribution in [2.45, 2.75) is 31.5 Å². The van der Waals surface area contributed by atoms with Gasteiger partial charge in [0.2, 0.25) is 0 Å². The van der Waals surface area contributed by atoms with E-state index in [1.807, 2.05) is 0 Å². The van der Waals surface area contributed by atoms with Gasteiger partial charge in [0.15, 0.2) is 0 Å². The molecule has 1 aliphatic rings. The second-order valence-corrected chi connectivity index (χ2v) is 5.01. The molecule has 0 heterocycles. The lowest BCUT2D eigenvalue weighted by Gasteiger charge is -2.02. The van der Waals surface area contributed by atoms with Crippen LogP contribution < -0.4 is 6.15 Å². The largest absolute Gasteiger partial charge is 0.344 e. The Morgan fingerprint density at radius 3 is 1.38 bits per heavy atom. The first-order chi connectivity index (χ1) is 2.96. The van der Waals surface area contributed by atoms with Crippen molar-refractivity contribution in [3.05, 3.63) is 0 Å². The summed E-state index contributed by atoms with van der Waals surface area (Å²) < 4.78 is 0.458. The van der Waals surface area contributed by atoms with Crippen molar-refractivity contribution in [2.24, 2.45) is 5.41 Å². The average molecular weight is 180 g/mol. The molecule has 0 bridgehead atoms. The fraction of sp³-hybridized carbons (Fsp3) is 1.00. The quantitative estimate of drug-likeness (QED) is 0.571. The molecule has 0 radical (unpaired) electrons. The molecule has 50 valence electrons. The van der Waals surface area contributed by atoms with Crippen molar-refractivity contribution in [1.82, 2.24) is 6.15 Å². The van der Waals surface area contributed by atoms with Crippen LogP contribution in [0.25, 0.3) is 0 Å². The predicted octanol–water partition coefficient (Wildman–Crippen LogP) is 2.73. The Hall–Kier alpha value is 0.440. The zero-order valence-corrected chi connectivity index (χ0v) is 7.38. The normalized spacial score (nSPS) is 40.5. The molecule has 1 aliphatic carbocycles. The summed E-state index contributed by atoms with van der Waals surface area (Å²) in [6, 6.07) is 0. The summed E-state index contributed by atoms with van der Waals surface area (Å²) in [5, 5.41) is 0. The van der Waals surface area contributed by atoms with Crippen LogP contribution >= 0.6 is 15.9 Å². The summed E-state index contributed by atoms with van der Waals surface area (Å²) >= 11 is 3.61. The maximum Gasteiger partial charge on any atom is 0.0286 e. The van der Waals surface area contributed by atoms with Crippen molar-refractivity contribution >= 4 is 15.9 Å². The Bertz CT molecular complexity index is 84.7. The van der Waals surface area contributed by atoms with Crippen LogP contribution in [0.4, 0.5) is 0 Å². The van der Waals surface area contributed by atoms with E-state index in [0.29, 0.717) is 9.74 Å². The van der Waals surface area contributed by atoms with Crippen LogP contribution in [0.3, 0.4) is 0 Å². The maximum atomic E-state index is 3.61. The highest BCUT2D eigenvalue weighted by molar-refractivity contribution is 9.10. The van der Waals surface area contributed by atoms with Crippen molar-refractivity contribution in [1.29, 1.82) is 0 Å². The van der Waals surface area contributed by atoms with Gasteiger partial charge in [-0.15, -0.1) is 0 Å². The fourth-order valence-electron chi connectivity index (χ4n) is 0.786. The van der Waals surface area contributed by atoms with Crippen LogP contribution in [-0.2, 0) is 0 Å². The topological polar surface area (TPSA) is 35.0 Å². The van der Waals surface area contributed by atoms with E-state index in [9.17, 15) is 0 Å². The van der Waals surface area contributed by atoms with Gasteiger partial charge in [-0.05, 0) is 18.8 Å². The fourth-order valence-corrected chi connectivity index (χ4v) is 1.49. The van der Waals surface area contributed by atoms with E-state index in [4.69, 9.17) is 0 Å². The highest BCUT2D eigenvalue weighted by Gasteiger charge is 2.55. The Kier molecular flexibility index (Phi) is 1.80. The number of rotatable bonds is 0. The minimum atomic E-state index is 0. The van der Waals surface area contributed by atoms with E-state index in [1.54, 1.807) is 0 Å². The smallest absolute Gasteiger partial charge is 0.0286 e. The van der Waals surface area contributed by atoms with Gasteiger partial charge in [-0.1, -0.05) is 29.8 Å². The standard InChI is InChI=1S/C6H11Br.H3N/c1-5(2)4-6(5,3)7;/h4H2,1-3H3;1H3.